The van der Waals surface area contributed by atoms with Gasteiger partial charge in [-0.2, -0.15) is 0 Å². The van der Waals surface area contributed by atoms with Gasteiger partial charge in [-0.15, -0.1) is 0 Å². The van der Waals surface area contributed by atoms with Gasteiger partial charge in [0.05, 0.1) is 5.56 Å². The lowest BCUT2D eigenvalue weighted by molar-refractivity contribution is 0.0694. The molecule has 3 rings (SSSR count). The van der Waals surface area contributed by atoms with E-state index in [2.05, 4.69) is 53.2 Å². The molecule has 2 aromatic carbocycles. The van der Waals surface area contributed by atoms with Gasteiger partial charge in [0.15, 0.2) is 0 Å². The zero-order valence-electron chi connectivity index (χ0n) is 17.7. The number of rotatable bonds is 8. The highest BCUT2D eigenvalue weighted by molar-refractivity contribution is 5.91. The molecule has 0 amide bonds. The van der Waals surface area contributed by atoms with Gasteiger partial charge in [-0.05, 0) is 58.2 Å². The molecule has 1 unspecified atom stereocenters. The van der Waals surface area contributed by atoms with Crippen molar-refractivity contribution in [2.45, 2.75) is 53.1 Å². The van der Waals surface area contributed by atoms with Crippen molar-refractivity contribution in [1.29, 1.82) is 0 Å². The molecule has 2 N–H and O–H groups in total. The quantitative estimate of drug-likeness (QED) is 0.555. The van der Waals surface area contributed by atoms with Gasteiger partial charge in [0.2, 0.25) is 0 Å². The molecule has 0 aliphatic rings. The summed E-state index contributed by atoms with van der Waals surface area (Å²) in [6, 6.07) is 18.9. The fourth-order valence-electron chi connectivity index (χ4n) is 3.89. The van der Waals surface area contributed by atoms with Crippen LogP contribution in [-0.4, -0.2) is 21.7 Å². The molecule has 1 heterocycles. The molecule has 0 saturated heterocycles. The van der Waals surface area contributed by atoms with Gasteiger partial charge in [0.1, 0.15) is 0 Å². The Kier molecular flexibility index (Phi) is 6.55. The van der Waals surface area contributed by atoms with Gasteiger partial charge in [-0.3, -0.25) is 0 Å². The molecule has 152 valence electrons. The molecule has 0 radical (unpaired) electrons. The first kappa shape index (κ1) is 20.9. The number of aromatic nitrogens is 1. The number of hydrogen-bond donors (Lipinski definition) is 2. The summed E-state index contributed by atoms with van der Waals surface area (Å²) in [6.07, 6.45) is 2.01. The predicted molar refractivity (Wildman–Crippen MR) is 118 cm³/mol. The van der Waals surface area contributed by atoms with E-state index in [-0.39, 0.29) is 0 Å². The van der Waals surface area contributed by atoms with Crippen molar-refractivity contribution in [1.82, 2.24) is 9.88 Å². The van der Waals surface area contributed by atoms with Crippen molar-refractivity contribution in [3.63, 3.8) is 0 Å². The van der Waals surface area contributed by atoms with Gasteiger partial charge in [0.25, 0.3) is 0 Å². The van der Waals surface area contributed by atoms with E-state index < -0.39 is 5.97 Å². The largest absolute Gasteiger partial charge is 0.478 e. The highest BCUT2D eigenvalue weighted by Crippen LogP contribution is 2.27. The summed E-state index contributed by atoms with van der Waals surface area (Å²) in [6.45, 7) is 8.64. The van der Waals surface area contributed by atoms with E-state index in [4.69, 9.17) is 0 Å². The third-order valence-corrected chi connectivity index (χ3v) is 5.61. The van der Waals surface area contributed by atoms with Crippen LogP contribution in [-0.2, 0) is 13.0 Å². The molecule has 0 saturated carbocycles. The third kappa shape index (κ3) is 4.77. The average molecular weight is 391 g/mol. The van der Waals surface area contributed by atoms with Crippen LogP contribution < -0.4 is 5.32 Å². The smallest absolute Gasteiger partial charge is 0.337 e. The first-order valence-corrected chi connectivity index (χ1v) is 10.2. The molecule has 4 heteroatoms. The van der Waals surface area contributed by atoms with E-state index in [1.54, 1.807) is 0 Å². The van der Waals surface area contributed by atoms with E-state index in [9.17, 15) is 9.90 Å². The Labute approximate surface area is 173 Å². The van der Waals surface area contributed by atoms with Crippen LogP contribution in [0.25, 0.3) is 5.69 Å². The van der Waals surface area contributed by atoms with Crippen molar-refractivity contribution in [2.24, 2.45) is 0 Å². The summed E-state index contributed by atoms with van der Waals surface area (Å²) >= 11 is 0. The van der Waals surface area contributed by atoms with E-state index in [0.717, 1.165) is 35.5 Å². The number of carboxylic acid groups (broad SMARTS) is 1. The number of nitrogens with one attached hydrogen (secondary N) is 1. The highest BCUT2D eigenvalue weighted by atomic mass is 16.4. The van der Waals surface area contributed by atoms with Crippen molar-refractivity contribution in [3.05, 3.63) is 88.2 Å². The minimum atomic E-state index is -0.870. The van der Waals surface area contributed by atoms with Crippen LogP contribution >= 0.6 is 0 Å². The van der Waals surface area contributed by atoms with Crippen molar-refractivity contribution < 1.29 is 9.90 Å². The number of carboxylic acids is 1. The fourth-order valence-corrected chi connectivity index (χ4v) is 3.89. The monoisotopic (exact) mass is 390 g/mol. The Morgan fingerprint density at radius 1 is 1.00 bits per heavy atom. The Morgan fingerprint density at radius 3 is 2.28 bits per heavy atom. The average Bonchev–Trinajstić information content (AvgIpc) is 2.96. The van der Waals surface area contributed by atoms with Crippen LogP contribution in [0.1, 0.15) is 51.8 Å². The molecule has 0 spiro atoms. The number of benzene rings is 2. The van der Waals surface area contributed by atoms with Crippen molar-refractivity contribution in [3.8, 4) is 5.69 Å². The molecule has 0 aliphatic heterocycles. The Morgan fingerprint density at radius 2 is 1.66 bits per heavy atom. The van der Waals surface area contributed by atoms with Gasteiger partial charge in [-0.25, -0.2) is 4.79 Å². The molecule has 3 aromatic rings. The maximum Gasteiger partial charge on any atom is 0.337 e. The normalized spacial score (nSPS) is 12.1. The fraction of sp³-hybridized carbons (Fsp3) is 0.320. The minimum absolute atomic E-state index is 0.291. The zero-order chi connectivity index (χ0) is 21.0. The summed E-state index contributed by atoms with van der Waals surface area (Å²) in [5.41, 5.74) is 6.53. The molecule has 0 bridgehead atoms. The first-order valence-electron chi connectivity index (χ1n) is 10.2. The first-order chi connectivity index (χ1) is 13.9. The summed E-state index contributed by atoms with van der Waals surface area (Å²) < 4.78 is 2.05. The lowest BCUT2D eigenvalue weighted by Gasteiger charge is -2.15. The maximum absolute atomic E-state index is 12.0. The second-order valence-electron chi connectivity index (χ2n) is 7.81. The molecule has 0 aliphatic carbocycles. The Balaban J connectivity index is 1.78. The highest BCUT2D eigenvalue weighted by Gasteiger charge is 2.23. The Bertz CT molecular complexity index is 972. The molecule has 1 aromatic heterocycles. The number of aromatic carboxylic acids is 1. The molecular formula is C25H30N2O2. The maximum atomic E-state index is 12.0. The van der Waals surface area contributed by atoms with Crippen LogP contribution in [0.5, 0.6) is 0 Å². The van der Waals surface area contributed by atoms with Crippen LogP contribution in [0.2, 0.25) is 0 Å². The van der Waals surface area contributed by atoms with Gasteiger partial charge in [0, 0.05) is 35.2 Å². The number of aryl methyl sites for hydroxylation is 2. The van der Waals surface area contributed by atoms with Crippen LogP contribution in [0.15, 0.2) is 54.6 Å². The second kappa shape index (κ2) is 9.10. The van der Waals surface area contributed by atoms with Gasteiger partial charge >= 0.3 is 5.97 Å². The van der Waals surface area contributed by atoms with Gasteiger partial charge in [-0.1, -0.05) is 48.0 Å². The summed E-state index contributed by atoms with van der Waals surface area (Å²) in [4.78, 5) is 12.0. The number of carbonyl (C=O) groups is 1. The topological polar surface area (TPSA) is 54.3 Å². The summed E-state index contributed by atoms with van der Waals surface area (Å²) in [5, 5.41) is 13.4. The third-order valence-electron chi connectivity index (χ3n) is 5.61. The number of hydrogen-bond acceptors (Lipinski definition) is 2. The number of nitrogens with zero attached hydrogens (tertiary/aromatic N) is 1. The van der Waals surface area contributed by atoms with Crippen LogP contribution in [0, 0.1) is 20.8 Å². The zero-order valence-corrected chi connectivity index (χ0v) is 17.7. The summed E-state index contributed by atoms with van der Waals surface area (Å²) in [7, 11) is 0. The molecule has 29 heavy (non-hydrogen) atoms. The summed E-state index contributed by atoms with van der Waals surface area (Å²) in [5.74, 6) is -0.870. The standard InChI is InChI=1S/C25H30N2O2/c1-17-10-14-22(15-11-17)27-19(3)23(24(20(27)4)25(28)29)16-26-18(2)12-13-21-8-6-5-7-9-21/h5-11,14-15,18,26H,12-13,16H2,1-4H3,(H,28,29). The van der Waals surface area contributed by atoms with Crippen LogP contribution in [0.3, 0.4) is 0 Å². The molecule has 1 atom stereocenters. The van der Waals surface area contributed by atoms with E-state index in [0.29, 0.717) is 18.2 Å². The lowest BCUT2D eigenvalue weighted by Crippen LogP contribution is -2.27. The Hall–Kier alpha value is -2.85. The molecule has 4 nitrogen and oxygen atoms in total. The predicted octanol–water partition coefficient (Wildman–Crippen LogP) is 5.21. The second-order valence-corrected chi connectivity index (χ2v) is 7.81. The SMILES string of the molecule is Cc1ccc(-n2c(C)c(CNC(C)CCc3ccccc3)c(C(=O)O)c2C)cc1. The van der Waals surface area contributed by atoms with E-state index in [1.807, 2.05) is 39.0 Å². The van der Waals surface area contributed by atoms with Crippen LogP contribution in [0.4, 0.5) is 0 Å². The molecular weight excluding hydrogens is 360 g/mol. The van der Waals surface area contributed by atoms with Crippen molar-refractivity contribution >= 4 is 5.97 Å². The van der Waals surface area contributed by atoms with Gasteiger partial charge < -0.3 is 15.0 Å². The lowest BCUT2D eigenvalue weighted by atomic mass is 10.1. The van der Waals surface area contributed by atoms with E-state index >= 15 is 0 Å². The van der Waals surface area contributed by atoms with E-state index in [1.165, 1.54) is 11.1 Å². The van der Waals surface area contributed by atoms with Crippen molar-refractivity contribution in [2.75, 3.05) is 0 Å². The minimum Gasteiger partial charge on any atom is -0.478 e. The molecule has 0 fully saturated rings.